The minimum absolute atomic E-state index is 0.195. The van der Waals surface area contributed by atoms with E-state index in [1.54, 1.807) is 6.92 Å². The lowest BCUT2D eigenvalue weighted by molar-refractivity contribution is -0.120. The summed E-state index contributed by atoms with van der Waals surface area (Å²) in [5, 5.41) is 2.61. The average molecular weight is 171 g/mol. The smallest absolute Gasteiger partial charge is 0.245 e. The second-order valence-corrected chi connectivity index (χ2v) is 2.58. The first-order chi connectivity index (χ1) is 5.70. The zero-order valence-electron chi connectivity index (χ0n) is 7.80. The Bertz CT molecular complexity index is 145. The molecule has 0 aliphatic carbocycles. The molecule has 0 aliphatic rings. The first-order valence-corrected chi connectivity index (χ1v) is 4.25. The SMILES string of the molecule is C=CC(=O)NC(C)OCCCC. The van der Waals surface area contributed by atoms with Crippen molar-refractivity contribution in [2.24, 2.45) is 0 Å². The lowest BCUT2D eigenvalue weighted by atomic mass is 10.4. The monoisotopic (exact) mass is 171 g/mol. The Balaban J connectivity index is 3.38. The molecule has 0 aliphatic heterocycles. The van der Waals surface area contributed by atoms with E-state index in [9.17, 15) is 4.79 Å². The summed E-state index contributed by atoms with van der Waals surface area (Å²) >= 11 is 0. The van der Waals surface area contributed by atoms with Crippen molar-refractivity contribution in [3.05, 3.63) is 12.7 Å². The van der Waals surface area contributed by atoms with Gasteiger partial charge in [-0.3, -0.25) is 4.79 Å². The molecular weight excluding hydrogens is 154 g/mol. The number of nitrogens with one attached hydrogen (secondary N) is 1. The van der Waals surface area contributed by atoms with Gasteiger partial charge in [0.25, 0.3) is 0 Å². The van der Waals surface area contributed by atoms with E-state index < -0.39 is 0 Å². The van der Waals surface area contributed by atoms with Gasteiger partial charge in [0.05, 0.1) is 0 Å². The molecule has 1 atom stereocenters. The van der Waals surface area contributed by atoms with Crippen molar-refractivity contribution in [2.75, 3.05) is 6.61 Å². The topological polar surface area (TPSA) is 38.3 Å². The van der Waals surface area contributed by atoms with E-state index in [0.29, 0.717) is 6.61 Å². The molecule has 0 rings (SSSR count). The fourth-order valence-electron chi connectivity index (χ4n) is 0.705. The van der Waals surface area contributed by atoms with Crippen LogP contribution in [0.4, 0.5) is 0 Å². The van der Waals surface area contributed by atoms with Crippen molar-refractivity contribution in [1.82, 2.24) is 5.32 Å². The molecule has 0 aromatic heterocycles. The third kappa shape index (κ3) is 5.92. The molecule has 0 aromatic carbocycles. The van der Waals surface area contributed by atoms with Gasteiger partial charge < -0.3 is 10.1 Å². The van der Waals surface area contributed by atoms with Crippen LogP contribution in [0.5, 0.6) is 0 Å². The van der Waals surface area contributed by atoms with Crippen LogP contribution in [0, 0.1) is 0 Å². The lowest BCUT2D eigenvalue weighted by Crippen LogP contribution is -2.33. The molecule has 1 N–H and O–H groups in total. The van der Waals surface area contributed by atoms with Crippen molar-refractivity contribution in [3.63, 3.8) is 0 Å². The number of carbonyl (C=O) groups excluding carboxylic acids is 1. The van der Waals surface area contributed by atoms with E-state index in [1.807, 2.05) is 0 Å². The average Bonchev–Trinajstić information content (AvgIpc) is 2.05. The maximum Gasteiger partial charge on any atom is 0.245 e. The maximum absolute atomic E-state index is 10.7. The first-order valence-electron chi connectivity index (χ1n) is 4.25. The summed E-state index contributed by atoms with van der Waals surface area (Å²) in [5.74, 6) is -0.195. The van der Waals surface area contributed by atoms with Gasteiger partial charge in [0.2, 0.25) is 5.91 Å². The van der Waals surface area contributed by atoms with Gasteiger partial charge in [-0.25, -0.2) is 0 Å². The largest absolute Gasteiger partial charge is 0.359 e. The minimum atomic E-state index is -0.220. The van der Waals surface area contributed by atoms with Gasteiger partial charge in [0.15, 0.2) is 0 Å². The highest BCUT2D eigenvalue weighted by Gasteiger charge is 2.02. The van der Waals surface area contributed by atoms with E-state index in [2.05, 4.69) is 18.8 Å². The summed E-state index contributed by atoms with van der Waals surface area (Å²) < 4.78 is 5.28. The standard InChI is InChI=1S/C9H17NO2/c1-4-6-7-12-8(3)10-9(11)5-2/h5,8H,2,4,6-7H2,1,3H3,(H,10,11). The zero-order valence-corrected chi connectivity index (χ0v) is 7.80. The Morgan fingerprint density at radius 3 is 2.92 bits per heavy atom. The molecule has 0 fully saturated rings. The minimum Gasteiger partial charge on any atom is -0.359 e. The third-order valence-electron chi connectivity index (χ3n) is 1.40. The van der Waals surface area contributed by atoms with Crippen molar-refractivity contribution in [2.45, 2.75) is 32.9 Å². The molecule has 3 nitrogen and oxygen atoms in total. The summed E-state index contributed by atoms with van der Waals surface area (Å²) in [6.45, 7) is 7.93. The molecule has 0 spiro atoms. The molecule has 3 heteroatoms. The van der Waals surface area contributed by atoms with Crippen molar-refractivity contribution >= 4 is 5.91 Å². The third-order valence-corrected chi connectivity index (χ3v) is 1.40. The number of unbranched alkanes of at least 4 members (excludes halogenated alkanes) is 1. The van der Waals surface area contributed by atoms with Gasteiger partial charge in [-0.1, -0.05) is 19.9 Å². The fourth-order valence-corrected chi connectivity index (χ4v) is 0.705. The van der Waals surface area contributed by atoms with E-state index in [4.69, 9.17) is 4.74 Å². The highest BCUT2D eigenvalue weighted by Crippen LogP contribution is 1.91. The van der Waals surface area contributed by atoms with Crippen molar-refractivity contribution in [1.29, 1.82) is 0 Å². The summed E-state index contributed by atoms with van der Waals surface area (Å²) in [6.07, 6.45) is 3.14. The molecule has 0 saturated carbocycles. The van der Waals surface area contributed by atoms with Crippen LogP contribution in [-0.4, -0.2) is 18.7 Å². The van der Waals surface area contributed by atoms with E-state index in [0.717, 1.165) is 12.8 Å². The van der Waals surface area contributed by atoms with Gasteiger partial charge >= 0.3 is 0 Å². The molecule has 0 bridgehead atoms. The number of ether oxygens (including phenoxy) is 1. The maximum atomic E-state index is 10.7. The highest BCUT2D eigenvalue weighted by molar-refractivity contribution is 5.86. The number of hydrogen-bond donors (Lipinski definition) is 1. The van der Waals surface area contributed by atoms with E-state index >= 15 is 0 Å². The molecule has 1 unspecified atom stereocenters. The number of carbonyl (C=O) groups is 1. The highest BCUT2D eigenvalue weighted by atomic mass is 16.5. The molecule has 0 radical (unpaired) electrons. The quantitative estimate of drug-likeness (QED) is 0.373. The Hall–Kier alpha value is -0.830. The normalized spacial score (nSPS) is 12.2. The van der Waals surface area contributed by atoms with E-state index in [1.165, 1.54) is 6.08 Å². The first kappa shape index (κ1) is 11.2. The van der Waals surface area contributed by atoms with Crippen LogP contribution in [0.25, 0.3) is 0 Å². The van der Waals surface area contributed by atoms with Crippen LogP contribution in [0.15, 0.2) is 12.7 Å². The molecule has 0 heterocycles. The van der Waals surface area contributed by atoms with Crippen LogP contribution in [0.1, 0.15) is 26.7 Å². The molecule has 1 amide bonds. The number of hydrogen-bond acceptors (Lipinski definition) is 2. The lowest BCUT2D eigenvalue weighted by Gasteiger charge is -2.12. The zero-order chi connectivity index (χ0) is 9.40. The molecular formula is C9H17NO2. The van der Waals surface area contributed by atoms with Gasteiger partial charge in [-0.2, -0.15) is 0 Å². The van der Waals surface area contributed by atoms with Crippen LogP contribution in [0.3, 0.4) is 0 Å². The van der Waals surface area contributed by atoms with Gasteiger partial charge in [-0.15, -0.1) is 0 Å². The van der Waals surface area contributed by atoms with Crippen LogP contribution < -0.4 is 5.32 Å². The van der Waals surface area contributed by atoms with Gasteiger partial charge in [0, 0.05) is 6.61 Å². The molecule has 0 saturated heterocycles. The predicted molar refractivity (Wildman–Crippen MR) is 48.7 cm³/mol. The van der Waals surface area contributed by atoms with Crippen LogP contribution >= 0.6 is 0 Å². The number of rotatable bonds is 6. The second-order valence-electron chi connectivity index (χ2n) is 2.58. The van der Waals surface area contributed by atoms with Crippen LogP contribution in [0.2, 0.25) is 0 Å². The number of amides is 1. The Morgan fingerprint density at radius 2 is 2.42 bits per heavy atom. The molecule has 70 valence electrons. The summed E-state index contributed by atoms with van der Waals surface area (Å²) in [6, 6.07) is 0. The summed E-state index contributed by atoms with van der Waals surface area (Å²) in [4.78, 5) is 10.7. The van der Waals surface area contributed by atoms with Crippen molar-refractivity contribution < 1.29 is 9.53 Å². The molecule has 0 aromatic rings. The Labute approximate surface area is 73.8 Å². The van der Waals surface area contributed by atoms with Crippen LogP contribution in [-0.2, 0) is 9.53 Å². The Morgan fingerprint density at radius 1 is 1.75 bits per heavy atom. The van der Waals surface area contributed by atoms with Crippen molar-refractivity contribution in [3.8, 4) is 0 Å². The van der Waals surface area contributed by atoms with Gasteiger partial charge in [-0.05, 0) is 19.4 Å². The van der Waals surface area contributed by atoms with Gasteiger partial charge in [0.1, 0.15) is 6.23 Å². The summed E-state index contributed by atoms with van der Waals surface area (Å²) in [7, 11) is 0. The predicted octanol–water partition coefficient (Wildman–Crippen LogP) is 1.45. The fraction of sp³-hybridized carbons (Fsp3) is 0.667. The van der Waals surface area contributed by atoms with E-state index in [-0.39, 0.29) is 12.1 Å². The Kier molecular flexibility index (Phi) is 6.38. The molecule has 12 heavy (non-hydrogen) atoms. The second kappa shape index (κ2) is 6.85. The summed E-state index contributed by atoms with van der Waals surface area (Å²) in [5.41, 5.74) is 0.